The average molecular weight is 332 g/mol. The van der Waals surface area contributed by atoms with Crippen molar-refractivity contribution >= 4 is 11.6 Å². The summed E-state index contributed by atoms with van der Waals surface area (Å²) in [5.74, 6) is 0. The van der Waals surface area contributed by atoms with Gasteiger partial charge in [-0.2, -0.15) is 0 Å². The molecule has 1 atom stereocenters. The number of rotatable bonds is 6. The van der Waals surface area contributed by atoms with Crippen LogP contribution in [0.15, 0.2) is 60.7 Å². The third-order valence-electron chi connectivity index (χ3n) is 4.00. The van der Waals surface area contributed by atoms with Crippen LogP contribution in [0.1, 0.15) is 30.4 Å². The number of benzene rings is 2. The minimum atomic E-state index is -0.886. The lowest BCUT2D eigenvalue weighted by Gasteiger charge is -2.40. The fourth-order valence-electron chi connectivity index (χ4n) is 2.69. The number of ether oxygens (including phenoxy) is 1. The normalized spacial score (nSPS) is 22.1. The van der Waals surface area contributed by atoms with Gasteiger partial charge < -0.3 is 4.74 Å². The van der Waals surface area contributed by atoms with Gasteiger partial charge in [0.15, 0.2) is 0 Å². The molecule has 0 radical (unpaired) electrons. The number of hydrogen-bond acceptors (Lipinski definition) is 3. The zero-order valence-corrected chi connectivity index (χ0v) is 13.9. The molecule has 0 aliphatic carbocycles. The molecule has 0 bridgehead atoms. The Morgan fingerprint density at radius 2 is 1.48 bits per heavy atom. The Labute approximate surface area is 142 Å². The predicted octanol–water partition coefficient (Wildman–Crippen LogP) is 4.71. The van der Waals surface area contributed by atoms with Gasteiger partial charge >= 0.3 is 0 Å². The van der Waals surface area contributed by atoms with Crippen LogP contribution in [0.5, 0.6) is 0 Å². The molecule has 0 saturated carbocycles. The van der Waals surface area contributed by atoms with Gasteiger partial charge in [-0.15, -0.1) is 5.06 Å². The number of nitrogens with zero attached hydrogens (tertiary/aromatic N) is 1. The second-order valence-corrected chi connectivity index (χ2v) is 6.37. The summed E-state index contributed by atoms with van der Waals surface area (Å²) < 4.78 is 6.02. The Bertz CT molecular complexity index is 593. The highest BCUT2D eigenvalue weighted by atomic mass is 35.5. The van der Waals surface area contributed by atoms with Crippen LogP contribution in [0.25, 0.3) is 0 Å². The van der Waals surface area contributed by atoms with Crippen LogP contribution in [0.4, 0.5) is 0 Å². The highest BCUT2D eigenvalue weighted by molar-refractivity contribution is 6.22. The lowest BCUT2D eigenvalue weighted by molar-refractivity contribution is -0.295. The maximum Gasteiger partial charge on any atom is 0.220 e. The highest BCUT2D eigenvalue weighted by Crippen LogP contribution is 2.34. The van der Waals surface area contributed by atoms with Crippen molar-refractivity contribution in [1.29, 1.82) is 0 Å². The third-order valence-corrected chi connectivity index (χ3v) is 4.49. The molecule has 3 nitrogen and oxygen atoms in total. The average Bonchev–Trinajstić information content (AvgIpc) is 2.61. The van der Waals surface area contributed by atoms with Gasteiger partial charge in [0.2, 0.25) is 5.18 Å². The van der Waals surface area contributed by atoms with Crippen LogP contribution < -0.4 is 0 Å². The fourth-order valence-corrected chi connectivity index (χ4v) is 3.01. The summed E-state index contributed by atoms with van der Waals surface area (Å²) in [4.78, 5) is 5.95. The first kappa shape index (κ1) is 16.5. The minimum absolute atomic E-state index is 0.482. The standard InChI is InChI=1S/C19H22ClNO2/c20-19(22-15-17-9-3-1-4-10-17)13-7-8-14-21(19)23-16-18-11-5-2-6-12-18/h1-6,9-12H,7-8,13-16H2. The molecule has 0 amide bonds. The molecule has 1 unspecified atom stereocenters. The van der Waals surface area contributed by atoms with Gasteiger partial charge in [0.1, 0.15) is 0 Å². The number of hydrogen-bond donors (Lipinski definition) is 0. The topological polar surface area (TPSA) is 21.7 Å². The van der Waals surface area contributed by atoms with Crippen molar-refractivity contribution < 1.29 is 9.57 Å². The molecule has 122 valence electrons. The molecule has 0 aromatic heterocycles. The molecule has 1 aliphatic rings. The Morgan fingerprint density at radius 3 is 2.13 bits per heavy atom. The SMILES string of the molecule is ClC1(OCc2ccccc2)CCCCN1OCc1ccccc1. The maximum absolute atomic E-state index is 6.74. The first-order valence-corrected chi connectivity index (χ1v) is 8.45. The predicted molar refractivity (Wildman–Crippen MR) is 91.6 cm³/mol. The van der Waals surface area contributed by atoms with Crippen LogP contribution in [0, 0.1) is 0 Å². The lowest BCUT2D eigenvalue weighted by atomic mass is 10.1. The third kappa shape index (κ3) is 4.55. The van der Waals surface area contributed by atoms with Crippen molar-refractivity contribution in [2.75, 3.05) is 6.54 Å². The monoisotopic (exact) mass is 331 g/mol. The van der Waals surface area contributed by atoms with E-state index >= 15 is 0 Å². The van der Waals surface area contributed by atoms with E-state index in [2.05, 4.69) is 0 Å². The van der Waals surface area contributed by atoms with Crippen molar-refractivity contribution in [3.05, 3.63) is 71.8 Å². The molecule has 0 spiro atoms. The Balaban J connectivity index is 1.60. The van der Waals surface area contributed by atoms with Crippen LogP contribution >= 0.6 is 11.6 Å². The summed E-state index contributed by atoms with van der Waals surface area (Å²) in [6, 6.07) is 20.2. The fraction of sp³-hybridized carbons (Fsp3) is 0.368. The largest absolute Gasteiger partial charge is 0.340 e. The molecule has 3 rings (SSSR count). The van der Waals surface area contributed by atoms with Gasteiger partial charge in [-0.3, -0.25) is 4.84 Å². The van der Waals surface area contributed by atoms with E-state index in [9.17, 15) is 0 Å². The van der Waals surface area contributed by atoms with E-state index in [1.54, 1.807) is 5.06 Å². The lowest BCUT2D eigenvalue weighted by Crippen LogP contribution is -2.49. The van der Waals surface area contributed by atoms with E-state index in [1.165, 1.54) is 0 Å². The molecule has 23 heavy (non-hydrogen) atoms. The van der Waals surface area contributed by atoms with E-state index in [0.29, 0.717) is 13.2 Å². The Kier molecular flexibility index (Phi) is 5.68. The molecule has 0 N–H and O–H groups in total. The zero-order valence-electron chi connectivity index (χ0n) is 13.2. The molecule has 2 aromatic carbocycles. The van der Waals surface area contributed by atoms with E-state index in [1.807, 2.05) is 60.7 Å². The second kappa shape index (κ2) is 7.93. The van der Waals surface area contributed by atoms with Gasteiger partial charge in [-0.05, 0) is 24.0 Å². The molecule has 4 heteroatoms. The minimum Gasteiger partial charge on any atom is -0.340 e. The summed E-state index contributed by atoms with van der Waals surface area (Å²) in [6.45, 7) is 1.77. The number of alkyl halides is 1. The number of hydroxylamine groups is 2. The quantitative estimate of drug-likeness (QED) is 0.565. The van der Waals surface area contributed by atoms with E-state index in [4.69, 9.17) is 21.2 Å². The number of piperidine rings is 1. The Morgan fingerprint density at radius 1 is 0.870 bits per heavy atom. The second-order valence-electron chi connectivity index (χ2n) is 5.78. The molecule has 1 aliphatic heterocycles. The molecular formula is C19H22ClNO2. The summed E-state index contributed by atoms with van der Waals surface area (Å²) in [6.07, 6.45) is 2.87. The van der Waals surface area contributed by atoms with Crippen LogP contribution in [-0.4, -0.2) is 16.8 Å². The number of halogens is 1. The van der Waals surface area contributed by atoms with Gasteiger partial charge in [-0.1, -0.05) is 72.3 Å². The Hall–Kier alpha value is -1.39. The van der Waals surface area contributed by atoms with Gasteiger partial charge in [-0.25, -0.2) is 0 Å². The van der Waals surface area contributed by atoms with Crippen molar-refractivity contribution in [2.45, 2.75) is 37.7 Å². The van der Waals surface area contributed by atoms with E-state index < -0.39 is 5.18 Å². The maximum atomic E-state index is 6.74. The van der Waals surface area contributed by atoms with Gasteiger partial charge in [0, 0.05) is 13.0 Å². The highest BCUT2D eigenvalue weighted by Gasteiger charge is 2.39. The molecule has 1 fully saturated rings. The van der Waals surface area contributed by atoms with E-state index in [0.717, 1.165) is 36.9 Å². The van der Waals surface area contributed by atoms with Crippen molar-refractivity contribution in [1.82, 2.24) is 5.06 Å². The van der Waals surface area contributed by atoms with E-state index in [-0.39, 0.29) is 0 Å². The van der Waals surface area contributed by atoms with Crippen LogP contribution in [0.3, 0.4) is 0 Å². The van der Waals surface area contributed by atoms with Crippen LogP contribution in [0.2, 0.25) is 0 Å². The van der Waals surface area contributed by atoms with Gasteiger partial charge in [0.05, 0.1) is 13.2 Å². The van der Waals surface area contributed by atoms with Crippen molar-refractivity contribution in [2.24, 2.45) is 0 Å². The summed E-state index contributed by atoms with van der Waals surface area (Å²) in [5, 5.41) is 0.914. The first-order valence-electron chi connectivity index (χ1n) is 8.07. The smallest absolute Gasteiger partial charge is 0.220 e. The zero-order chi connectivity index (χ0) is 16.0. The van der Waals surface area contributed by atoms with Crippen molar-refractivity contribution in [3.8, 4) is 0 Å². The summed E-state index contributed by atoms with van der Waals surface area (Å²) >= 11 is 6.74. The van der Waals surface area contributed by atoms with Crippen LogP contribution in [-0.2, 0) is 22.8 Å². The molecular weight excluding hydrogens is 310 g/mol. The molecule has 1 heterocycles. The summed E-state index contributed by atoms with van der Waals surface area (Å²) in [7, 11) is 0. The van der Waals surface area contributed by atoms with Crippen molar-refractivity contribution in [3.63, 3.8) is 0 Å². The van der Waals surface area contributed by atoms with Gasteiger partial charge in [0.25, 0.3) is 0 Å². The first-order chi connectivity index (χ1) is 11.3. The summed E-state index contributed by atoms with van der Waals surface area (Å²) in [5.41, 5.74) is 2.24. The molecule has 2 aromatic rings. The molecule has 1 saturated heterocycles.